The highest BCUT2D eigenvalue weighted by Gasteiger charge is 2.49. The Morgan fingerprint density at radius 2 is 1.97 bits per heavy atom. The van der Waals surface area contributed by atoms with Gasteiger partial charge in [0.2, 0.25) is 11.8 Å². The van der Waals surface area contributed by atoms with Crippen LogP contribution in [0.5, 0.6) is 0 Å². The molecule has 1 unspecified atom stereocenters. The van der Waals surface area contributed by atoms with E-state index in [1.807, 2.05) is 18.4 Å². The number of hydrogen-bond acceptors (Lipinski definition) is 5. The molecule has 32 heavy (non-hydrogen) atoms. The van der Waals surface area contributed by atoms with E-state index < -0.39 is 23.1 Å². The summed E-state index contributed by atoms with van der Waals surface area (Å²) in [7, 11) is 1.59. The van der Waals surface area contributed by atoms with Gasteiger partial charge in [-0.05, 0) is 49.7 Å². The SMILES string of the molecule is CC(C)n1cnnc1-c1cccc(NC(=O)C2C(=O)N(C)c3ccc(F)cc3C2(C)C)n1. The number of benzene rings is 1. The molecule has 2 amide bonds. The summed E-state index contributed by atoms with van der Waals surface area (Å²) in [5.74, 6) is -1.45. The zero-order chi connectivity index (χ0) is 23.2. The quantitative estimate of drug-likeness (QED) is 0.631. The van der Waals surface area contributed by atoms with Crippen molar-refractivity contribution < 1.29 is 14.0 Å². The van der Waals surface area contributed by atoms with Crippen LogP contribution >= 0.6 is 0 Å². The molecule has 3 aromatic rings. The molecule has 0 saturated carbocycles. The van der Waals surface area contributed by atoms with E-state index >= 15 is 0 Å². The van der Waals surface area contributed by atoms with E-state index in [4.69, 9.17) is 0 Å². The lowest BCUT2D eigenvalue weighted by Crippen LogP contribution is -2.53. The number of nitrogens with one attached hydrogen (secondary N) is 1. The highest BCUT2D eigenvalue weighted by molar-refractivity contribution is 6.14. The van der Waals surface area contributed by atoms with E-state index in [1.54, 1.807) is 51.5 Å². The van der Waals surface area contributed by atoms with Crippen molar-refractivity contribution in [2.75, 3.05) is 17.3 Å². The molecule has 0 fully saturated rings. The van der Waals surface area contributed by atoms with Crippen LogP contribution in [-0.2, 0) is 15.0 Å². The van der Waals surface area contributed by atoms with Gasteiger partial charge in [-0.3, -0.25) is 9.59 Å². The maximum atomic E-state index is 14.0. The van der Waals surface area contributed by atoms with Crippen molar-refractivity contribution >= 4 is 23.3 Å². The Hall–Kier alpha value is -3.62. The third-order valence-electron chi connectivity index (χ3n) is 5.93. The Bertz CT molecular complexity index is 1200. The largest absolute Gasteiger partial charge is 0.314 e. The Morgan fingerprint density at radius 1 is 1.22 bits per heavy atom. The number of aromatic nitrogens is 4. The van der Waals surface area contributed by atoms with E-state index in [-0.39, 0.29) is 11.9 Å². The van der Waals surface area contributed by atoms with Gasteiger partial charge in [-0.25, -0.2) is 9.37 Å². The Labute approximate surface area is 185 Å². The van der Waals surface area contributed by atoms with Crippen molar-refractivity contribution in [1.29, 1.82) is 0 Å². The van der Waals surface area contributed by atoms with Gasteiger partial charge in [0, 0.05) is 24.2 Å². The molecule has 3 heterocycles. The Balaban J connectivity index is 1.66. The zero-order valence-corrected chi connectivity index (χ0v) is 18.6. The molecule has 2 aromatic heterocycles. The maximum Gasteiger partial charge on any atom is 0.240 e. The van der Waals surface area contributed by atoms with Gasteiger partial charge >= 0.3 is 0 Å². The van der Waals surface area contributed by atoms with E-state index in [9.17, 15) is 14.0 Å². The molecule has 1 aliphatic heterocycles. The number of rotatable bonds is 4. The van der Waals surface area contributed by atoms with Crippen molar-refractivity contribution in [2.24, 2.45) is 5.92 Å². The van der Waals surface area contributed by atoms with Gasteiger partial charge in [0.15, 0.2) is 5.82 Å². The molecule has 166 valence electrons. The summed E-state index contributed by atoms with van der Waals surface area (Å²) >= 11 is 0. The number of halogens is 1. The fourth-order valence-corrected chi connectivity index (χ4v) is 4.16. The normalized spacial score (nSPS) is 17.4. The summed E-state index contributed by atoms with van der Waals surface area (Å²) in [4.78, 5) is 32.3. The van der Waals surface area contributed by atoms with E-state index in [2.05, 4.69) is 20.5 Å². The van der Waals surface area contributed by atoms with E-state index in [0.29, 0.717) is 28.6 Å². The minimum absolute atomic E-state index is 0.136. The first-order valence-corrected chi connectivity index (χ1v) is 10.4. The van der Waals surface area contributed by atoms with Gasteiger partial charge in [-0.1, -0.05) is 19.9 Å². The van der Waals surface area contributed by atoms with Crippen LogP contribution in [0.3, 0.4) is 0 Å². The second-order valence-corrected chi connectivity index (χ2v) is 8.77. The summed E-state index contributed by atoms with van der Waals surface area (Å²) < 4.78 is 15.9. The fourth-order valence-electron chi connectivity index (χ4n) is 4.16. The number of pyridine rings is 1. The summed E-state index contributed by atoms with van der Waals surface area (Å²) in [6.07, 6.45) is 1.63. The predicted octanol–water partition coefficient (Wildman–Crippen LogP) is 3.57. The van der Waals surface area contributed by atoms with Gasteiger partial charge in [-0.15, -0.1) is 10.2 Å². The van der Waals surface area contributed by atoms with Crippen LogP contribution in [0.15, 0.2) is 42.7 Å². The maximum absolute atomic E-state index is 14.0. The molecule has 0 spiro atoms. The number of fused-ring (bicyclic) bond motifs is 1. The predicted molar refractivity (Wildman–Crippen MR) is 119 cm³/mol. The van der Waals surface area contributed by atoms with Crippen molar-refractivity contribution in [1.82, 2.24) is 19.7 Å². The Morgan fingerprint density at radius 3 is 2.69 bits per heavy atom. The highest BCUT2D eigenvalue weighted by atomic mass is 19.1. The smallest absolute Gasteiger partial charge is 0.240 e. The molecule has 0 saturated heterocycles. The molecule has 0 bridgehead atoms. The minimum Gasteiger partial charge on any atom is -0.314 e. The average Bonchev–Trinajstić information content (AvgIpc) is 3.23. The third-order valence-corrected chi connectivity index (χ3v) is 5.93. The molecule has 1 N–H and O–H groups in total. The van der Waals surface area contributed by atoms with Crippen LogP contribution in [0.25, 0.3) is 11.5 Å². The first-order chi connectivity index (χ1) is 15.1. The second-order valence-electron chi connectivity index (χ2n) is 8.77. The fraction of sp³-hybridized carbons (Fsp3) is 0.348. The van der Waals surface area contributed by atoms with E-state index in [1.165, 1.54) is 17.0 Å². The van der Waals surface area contributed by atoms with Gasteiger partial charge < -0.3 is 14.8 Å². The molecule has 1 atom stereocenters. The van der Waals surface area contributed by atoms with Crippen LogP contribution in [0, 0.1) is 11.7 Å². The second kappa shape index (κ2) is 7.81. The Kier molecular flexibility index (Phi) is 5.28. The monoisotopic (exact) mass is 436 g/mol. The summed E-state index contributed by atoms with van der Waals surface area (Å²) in [6, 6.07) is 9.57. The first-order valence-electron chi connectivity index (χ1n) is 10.4. The summed E-state index contributed by atoms with van der Waals surface area (Å²) in [5, 5.41) is 10.9. The van der Waals surface area contributed by atoms with Crippen LogP contribution in [0.4, 0.5) is 15.9 Å². The number of anilines is 2. The number of amides is 2. The average molecular weight is 436 g/mol. The molecule has 9 heteroatoms. The molecular weight excluding hydrogens is 411 g/mol. The van der Waals surface area contributed by atoms with Crippen molar-refractivity contribution in [3.63, 3.8) is 0 Å². The zero-order valence-electron chi connectivity index (χ0n) is 18.6. The molecule has 1 aromatic carbocycles. The molecule has 4 rings (SSSR count). The molecule has 0 aliphatic carbocycles. The number of carbonyl (C=O) groups excluding carboxylic acids is 2. The van der Waals surface area contributed by atoms with E-state index in [0.717, 1.165) is 0 Å². The molecule has 8 nitrogen and oxygen atoms in total. The van der Waals surface area contributed by atoms with Gasteiger partial charge in [-0.2, -0.15) is 0 Å². The topological polar surface area (TPSA) is 93.0 Å². The molecule has 0 radical (unpaired) electrons. The van der Waals surface area contributed by atoms with Crippen LogP contribution in [-0.4, -0.2) is 38.6 Å². The van der Waals surface area contributed by atoms with Gasteiger partial charge in [0.1, 0.15) is 29.6 Å². The number of nitrogens with zero attached hydrogens (tertiary/aromatic N) is 5. The van der Waals surface area contributed by atoms with Crippen molar-refractivity contribution in [3.8, 4) is 11.5 Å². The lowest BCUT2D eigenvalue weighted by atomic mass is 9.69. The number of carbonyl (C=O) groups is 2. The van der Waals surface area contributed by atoms with Crippen molar-refractivity contribution in [2.45, 2.75) is 39.2 Å². The highest BCUT2D eigenvalue weighted by Crippen LogP contribution is 2.44. The standard InChI is InChI=1S/C23H25FN6O2/c1-13(2)30-12-25-28-20(30)16-7-6-8-18(26-16)27-21(31)19-22(32)29(5)17-10-9-14(24)11-15(17)23(19,3)4/h6-13,19H,1-5H3,(H,26,27,31). The minimum atomic E-state index is -1.05. The van der Waals surface area contributed by atoms with Gasteiger partial charge in [0.05, 0.1) is 0 Å². The molecular formula is C23H25FN6O2. The lowest BCUT2D eigenvalue weighted by molar-refractivity contribution is -0.133. The van der Waals surface area contributed by atoms with Crippen LogP contribution in [0.1, 0.15) is 39.3 Å². The summed E-state index contributed by atoms with van der Waals surface area (Å²) in [5.41, 5.74) is 0.832. The lowest BCUT2D eigenvalue weighted by Gasteiger charge is -2.42. The van der Waals surface area contributed by atoms with Crippen LogP contribution < -0.4 is 10.2 Å². The first kappa shape index (κ1) is 21.6. The van der Waals surface area contributed by atoms with Crippen molar-refractivity contribution in [3.05, 3.63) is 54.1 Å². The number of hydrogen-bond donors (Lipinski definition) is 1. The summed E-state index contributed by atoms with van der Waals surface area (Å²) in [6.45, 7) is 7.56. The third kappa shape index (κ3) is 3.53. The molecule has 1 aliphatic rings. The van der Waals surface area contributed by atoms with Crippen LogP contribution in [0.2, 0.25) is 0 Å². The van der Waals surface area contributed by atoms with Gasteiger partial charge in [0.25, 0.3) is 0 Å².